The number of hydrogen-bond donors (Lipinski definition) is 4. The highest BCUT2D eigenvalue weighted by Crippen LogP contribution is 2.42. The van der Waals surface area contributed by atoms with Crippen LogP contribution in [0.15, 0.2) is 64.2 Å². The average molecular weight is 901 g/mol. The summed E-state index contributed by atoms with van der Waals surface area (Å²) in [6.07, 6.45) is 0.849. The van der Waals surface area contributed by atoms with Gasteiger partial charge in [0.05, 0.1) is 35.8 Å². The highest BCUT2D eigenvalue weighted by Gasteiger charge is 2.31. The summed E-state index contributed by atoms with van der Waals surface area (Å²) < 4.78 is 23.2. The van der Waals surface area contributed by atoms with Crippen molar-refractivity contribution in [2.24, 2.45) is 29.2 Å². The number of benzene rings is 2. The van der Waals surface area contributed by atoms with Gasteiger partial charge in [0.15, 0.2) is 6.10 Å². The molecule has 0 aliphatic rings. The molecule has 4 aromatic rings. The number of oxazole rings is 1. The number of nitrogen functional groups attached to an aromatic ring is 1. The Morgan fingerprint density at radius 1 is 0.921 bits per heavy atom. The standard InChI is InChI=1S/C45H53ClN8O8S/c1-24(2)16-30(18-37(55)26(5)48)44(57)61-22-34(62-45(58)36(17-25(3)4)53-41(56)27(6)49)21-59-33-14-10-28(11-15-33)38-35(19-47)43(54-40(50)39(38)51-7)63-23-32-20-60-42(52-32)29-8-12-31(46)13-9-29/h8-15,20,24-27,30,34,36H,16-18,21-23,48-49H2,1-6H3,(H2,50,54)(H,53,56)/t26-,27-,30+,34-,36-/m0/s1. The summed E-state index contributed by atoms with van der Waals surface area (Å²) in [6.45, 7) is 17.8. The highest BCUT2D eigenvalue weighted by atomic mass is 35.5. The lowest BCUT2D eigenvalue weighted by molar-refractivity contribution is -0.165. The van der Waals surface area contributed by atoms with E-state index in [4.69, 9.17) is 54.0 Å². The minimum absolute atomic E-state index is 0.00437. The van der Waals surface area contributed by atoms with E-state index < -0.39 is 54.6 Å². The number of Topliss-reactive ketones (excluding diaryl/α,β-unsaturated/α-hetero) is 1. The number of thioether (sulfide) groups is 1. The Hall–Kier alpha value is -5.98. The number of halogens is 1. The summed E-state index contributed by atoms with van der Waals surface area (Å²) in [6, 6.07) is 13.0. The van der Waals surface area contributed by atoms with Gasteiger partial charge in [-0.05, 0) is 80.5 Å². The second-order valence-electron chi connectivity index (χ2n) is 15.9. The van der Waals surface area contributed by atoms with E-state index in [0.29, 0.717) is 39.4 Å². The van der Waals surface area contributed by atoms with Gasteiger partial charge in [-0.2, -0.15) is 5.26 Å². The van der Waals surface area contributed by atoms with Crippen molar-refractivity contribution < 1.29 is 37.8 Å². The van der Waals surface area contributed by atoms with Crippen LogP contribution in [-0.4, -0.2) is 71.0 Å². The molecule has 7 N–H and O–H groups in total. The average Bonchev–Trinajstić information content (AvgIpc) is 3.72. The second kappa shape index (κ2) is 23.5. The van der Waals surface area contributed by atoms with Crippen molar-refractivity contribution in [1.82, 2.24) is 15.3 Å². The van der Waals surface area contributed by atoms with E-state index in [1.165, 1.54) is 24.9 Å². The van der Waals surface area contributed by atoms with E-state index in [9.17, 15) is 24.4 Å². The number of ether oxygens (including phenoxy) is 3. The van der Waals surface area contributed by atoms with E-state index in [-0.39, 0.29) is 65.5 Å². The van der Waals surface area contributed by atoms with Crippen LogP contribution in [0.2, 0.25) is 5.02 Å². The third-order valence-electron chi connectivity index (χ3n) is 9.43. The van der Waals surface area contributed by atoms with E-state index in [0.717, 1.165) is 5.56 Å². The molecular weight excluding hydrogens is 848 g/mol. The van der Waals surface area contributed by atoms with Crippen LogP contribution in [0.1, 0.15) is 72.1 Å². The number of nitriles is 1. The Bertz CT molecular complexity index is 2300. The molecule has 5 atom stereocenters. The summed E-state index contributed by atoms with van der Waals surface area (Å²) >= 11 is 7.22. The summed E-state index contributed by atoms with van der Waals surface area (Å²) in [5.74, 6) is -2.09. The molecule has 0 saturated carbocycles. The molecule has 0 aliphatic heterocycles. The van der Waals surface area contributed by atoms with Gasteiger partial charge >= 0.3 is 11.9 Å². The van der Waals surface area contributed by atoms with Crippen LogP contribution in [0, 0.1) is 35.7 Å². The largest absolute Gasteiger partial charge is 0.490 e. The van der Waals surface area contributed by atoms with Crippen molar-refractivity contribution in [1.29, 1.82) is 5.26 Å². The van der Waals surface area contributed by atoms with Crippen molar-refractivity contribution in [2.75, 3.05) is 18.9 Å². The number of nitrogens with one attached hydrogen (secondary N) is 1. The molecule has 2 heterocycles. The first-order valence-electron chi connectivity index (χ1n) is 20.3. The SMILES string of the molecule is [C-]#[N+]c1c(N)nc(SCc2coc(-c3ccc(Cl)cc3)n2)c(C#N)c1-c1ccc(OC[C@@H](COC(=O)[C@@H](CC(=O)[C@H](C)N)CC(C)C)OC(=O)[C@H](CC(C)C)NC(=O)[C@H](C)N)cc1. The molecule has 0 radical (unpaired) electrons. The fourth-order valence-electron chi connectivity index (χ4n) is 6.23. The van der Waals surface area contributed by atoms with Gasteiger partial charge in [-0.1, -0.05) is 63.2 Å². The van der Waals surface area contributed by atoms with Crippen LogP contribution < -0.4 is 27.3 Å². The lowest BCUT2D eigenvalue weighted by atomic mass is 9.91. The maximum Gasteiger partial charge on any atom is 0.329 e. The number of hydrogen-bond acceptors (Lipinski definition) is 15. The summed E-state index contributed by atoms with van der Waals surface area (Å²) in [5.41, 5.74) is 20.0. The number of carbonyl (C=O) groups is 4. The number of nitrogens with zero attached hydrogens (tertiary/aromatic N) is 4. The molecule has 0 unspecified atom stereocenters. The predicted molar refractivity (Wildman–Crippen MR) is 239 cm³/mol. The molecule has 0 spiro atoms. The number of ketones is 1. The number of anilines is 1. The van der Waals surface area contributed by atoms with Gasteiger partial charge in [-0.3, -0.25) is 14.4 Å². The number of aromatic nitrogens is 2. The number of rotatable bonds is 22. The molecule has 2 aromatic heterocycles. The number of nitrogens with two attached hydrogens (primary N) is 3. The highest BCUT2D eigenvalue weighted by molar-refractivity contribution is 7.98. The third-order valence-corrected chi connectivity index (χ3v) is 10.7. The molecule has 334 valence electrons. The van der Waals surface area contributed by atoms with Gasteiger partial charge in [-0.25, -0.2) is 19.6 Å². The molecule has 0 aliphatic carbocycles. The van der Waals surface area contributed by atoms with Gasteiger partial charge in [0.1, 0.15) is 54.0 Å². The van der Waals surface area contributed by atoms with E-state index in [1.54, 1.807) is 55.5 Å². The van der Waals surface area contributed by atoms with Crippen LogP contribution >= 0.6 is 23.4 Å². The zero-order valence-electron chi connectivity index (χ0n) is 36.1. The Morgan fingerprint density at radius 2 is 1.57 bits per heavy atom. The van der Waals surface area contributed by atoms with Crippen molar-refractivity contribution in [2.45, 2.75) is 95.8 Å². The van der Waals surface area contributed by atoms with E-state index in [1.807, 2.05) is 27.7 Å². The quantitative estimate of drug-likeness (QED) is 0.0351. The molecule has 1 amide bonds. The fourth-order valence-corrected chi connectivity index (χ4v) is 7.22. The molecule has 2 aromatic carbocycles. The Kier molecular flexibility index (Phi) is 18.5. The lowest BCUT2D eigenvalue weighted by Crippen LogP contribution is -2.49. The first-order chi connectivity index (χ1) is 29.9. The lowest BCUT2D eigenvalue weighted by Gasteiger charge is -2.25. The molecule has 0 bridgehead atoms. The molecule has 4 rings (SSSR count). The van der Waals surface area contributed by atoms with Crippen LogP contribution in [0.4, 0.5) is 11.5 Å². The summed E-state index contributed by atoms with van der Waals surface area (Å²) in [4.78, 5) is 64.5. The molecule has 18 heteroatoms. The maximum absolute atomic E-state index is 13.6. The number of carbonyl (C=O) groups excluding carboxylic acids is 4. The van der Waals surface area contributed by atoms with E-state index >= 15 is 0 Å². The number of pyridine rings is 1. The van der Waals surface area contributed by atoms with Crippen LogP contribution in [0.5, 0.6) is 5.75 Å². The first kappa shape index (κ1) is 49.7. The zero-order chi connectivity index (χ0) is 46.4. The van der Waals surface area contributed by atoms with Crippen molar-refractivity contribution in [3.63, 3.8) is 0 Å². The molecule has 16 nitrogen and oxygen atoms in total. The second-order valence-corrected chi connectivity index (χ2v) is 17.3. The monoisotopic (exact) mass is 900 g/mol. The van der Waals surface area contributed by atoms with Gasteiger partial charge in [0.25, 0.3) is 0 Å². The van der Waals surface area contributed by atoms with Gasteiger partial charge in [0.2, 0.25) is 17.5 Å². The Balaban J connectivity index is 1.56. The van der Waals surface area contributed by atoms with Gasteiger partial charge < -0.3 is 41.1 Å². The summed E-state index contributed by atoms with van der Waals surface area (Å²) in [5, 5.41) is 13.9. The van der Waals surface area contributed by atoms with Crippen molar-refractivity contribution >= 4 is 58.5 Å². The Labute approximate surface area is 376 Å². The molecule has 0 saturated heterocycles. The van der Waals surface area contributed by atoms with E-state index in [2.05, 4.69) is 26.2 Å². The maximum atomic E-state index is 13.6. The first-order valence-corrected chi connectivity index (χ1v) is 21.7. The minimum atomic E-state index is -1.16. The Morgan fingerprint density at radius 3 is 2.16 bits per heavy atom. The zero-order valence-corrected chi connectivity index (χ0v) is 37.6. The third kappa shape index (κ3) is 14.5. The summed E-state index contributed by atoms with van der Waals surface area (Å²) in [7, 11) is 0. The number of esters is 2. The topological polar surface area (TPSA) is 253 Å². The van der Waals surface area contributed by atoms with Crippen LogP contribution in [0.3, 0.4) is 0 Å². The van der Waals surface area contributed by atoms with Gasteiger partial charge in [0, 0.05) is 28.3 Å². The van der Waals surface area contributed by atoms with Crippen molar-refractivity contribution in [3.8, 4) is 34.4 Å². The van der Waals surface area contributed by atoms with Crippen molar-refractivity contribution in [3.05, 3.63) is 82.5 Å². The minimum Gasteiger partial charge on any atom is -0.490 e. The van der Waals surface area contributed by atoms with Gasteiger partial charge in [-0.15, -0.1) is 0 Å². The molecule has 0 fully saturated rings. The molecular formula is C45H53ClN8O8S. The number of amides is 1. The predicted octanol–water partition coefficient (Wildman–Crippen LogP) is 7.03. The van der Waals surface area contributed by atoms with Crippen LogP contribution in [0.25, 0.3) is 27.4 Å². The fraction of sp³-hybridized carbons (Fsp3) is 0.422. The smallest absolute Gasteiger partial charge is 0.329 e. The normalized spacial score (nSPS) is 13.5. The molecule has 63 heavy (non-hydrogen) atoms. The van der Waals surface area contributed by atoms with Crippen LogP contribution in [-0.2, 0) is 34.4 Å².